The van der Waals surface area contributed by atoms with E-state index in [4.69, 9.17) is 4.74 Å². The van der Waals surface area contributed by atoms with Gasteiger partial charge in [-0.05, 0) is 5.20 Å². The van der Waals surface area contributed by atoms with Crippen LogP contribution in [0.15, 0.2) is 21.7 Å². The maximum atomic E-state index is 12.7. The van der Waals surface area contributed by atoms with Crippen molar-refractivity contribution in [1.29, 1.82) is 0 Å². The molecule has 0 N–H and O–H groups in total. The second-order valence-electron chi connectivity index (χ2n) is 6.99. The van der Waals surface area contributed by atoms with Crippen molar-refractivity contribution in [3.8, 4) is 0 Å². The van der Waals surface area contributed by atoms with Gasteiger partial charge >= 0.3 is 0 Å². The zero-order valence-electron chi connectivity index (χ0n) is 11.7. The van der Waals surface area contributed by atoms with Gasteiger partial charge in [-0.1, -0.05) is 39.3 Å². The minimum atomic E-state index is -1.61. The van der Waals surface area contributed by atoms with E-state index in [0.717, 1.165) is 29.2 Å². The zero-order valence-corrected chi connectivity index (χ0v) is 13.7. The molecule has 0 spiro atoms. The van der Waals surface area contributed by atoms with E-state index in [1.54, 1.807) is 0 Å². The van der Waals surface area contributed by atoms with Gasteiger partial charge in [-0.15, -0.1) is 0 Å². The van der Waals surface area contributed by atoms with Crippen LogP contribution in [-0.4, -0.2) is 28.5 Å². The third-order valence-electron chi connectivity index (χ3n) is 3.36. The van der Waals surface area contributed by atoms with Gasteiger partial charge in [0.05, 0.1) is 22.8 Å². The molecular weight excluding hydrogens is 244 g/mol. The van der Waals surface area contributed by atoms with Crippen LogP contribution in [0.5, 0.6) is 0 Å². The number of ether oxygens (including phenoxy) is 1. The van der Waals surface area contributed by atoms with E-state index in [1.807, 2.05) is 0 Å². The first-order chi connectivity index (χ1) is 7.64. The summed E-state index contributed by atoms with van der Waals surface area (Å²) in [4.78, 5) is 12.7. The third kappa shape index (κ3) is 1.97. The molecule has 4 heteroatoms. The van der Waals surface area contributed by atoms with Gasteiger partial charge in [0.2, 0.25) is 0 Å². The van der Waals surface area contributed by atoms with Crippen LogP contribution in [0.3, 0.4) is 0 Å². The van der Waals surface area contributed by atoms with E-state index < -0.39 is 16.1 Å². The summed E-state index contributed by atoms with van der Waals surface area (Å²) in [5.41, 5.74) is 1.26. The molecule has 1 fully saturated rings. The number of hydrogen-bond donors (Lipinski definition) is 0. The molecule has 2 nitrogen and oxygen atoms in total. The molecule has 2 rings (SSSR count). The Hall–Kier alpha value is -0.616. The van der Waals surface area contributed by atoms with Gasteiger partial charge in [-0.25, -0.2) is 0 Å². The maximum absolute atomic E-state index is 12.7. The molecule has 0 amide bonds. The average Bonchev–Trinajstić information content (AvgIpc) is 2.55. The SMILES string of the molecule is C[Si](C)(C)C1=C2CCOC2=C([Si](C)(C)C)C1=O. The van der Waals surface area contributed by atoms with Crippen LogP contribution in [0.2, 0.25) is 39.3 Å². The molecule has 1 heterocycles. The van der Waals surface area contributed by atoms with Crippen LogP contribution in [0, 0.1) is 0 Å². The van der Waals surface area contributed by atoms with Crippen LogP contribution in [-0.2, 0) is 9.53 Å². The van der Waals surface area contributed by atoms with Crippen LogP contribution < -0.4 is 0 Å². The molecule has 0 aromatic heterocycles. The second kappa shape index (κ2) is 3.69. The molecule has 0 aromatic carbocycles. The number of carbonyl (C=O) groups excluding carboxylic acids is 1. The van der Waals surface area contributed by atoms with Crippen LogP contribution >= 0.6 is 0 Å². The van der Waals surface area contributed by atoms with Gasteiger partial charge < -0.3 is 4.74 Å². The van der Waals surface area contributed by atoms with Crippen molar-refractivity contribution in [3.05, 3.63) is 21.7 Å². The summed E-state index contributed by atoms with van der Waals surface area (Å²) in [6, 6.07) is 0. The van der Waals surface area contributed by atoms with E-state index in [2.05, 4.69) is 39.3 Å². The number of hydrogen-bond acceptors (Lipinski definition) is 2. The Kier molecular flexibility index (Phi) is 2.78. The molecule has 0 unspecified atom stereocenters. The van der Waals surface area contributed by atoms with E-state index in [-0.39, 0.29) is 0 Å². The van der Waals surface area contributed by atoms with E-state index >= 15 is 0 Å². The van der Waals surface area contributed by atoms with Crippen molar-refractivity contribution in [3.63, 3.8) is 0 Å². The van der Waals surface area contributed by atoms with Crippen molar-refractivity contribution in [1.82, 2.24) is 0 Å². The fraction of sp³-hybridized carbons (Fsp3) is 0.615. The summed E-state index contributed by atoms with van der Waals surface area (Å²) in [5, 5.41) is 2.19. The Morgan fingerprint density at radius 1 is 0.941 bits per heavy atom. The Bertz CT molecular complexity index is 405. The van der Waals surface area contributed by atoms with E-state index in [9.17, 15) is 4.79 Å². The fourth-order valence-electron chi connectivity index (χ4n) is 2.76. The van der Waals surface area contributed by atoms with E-state index in [0.29, 0.717) is 5.78 Å². The molecule has 94 valence electrons. The maximum Gasteiger partial charge on any atom is 0.181 e. The summed E-state index contributed by atoms with van der Waals surface area (Å²) in [5.74, 6) is 1.31. The summed E-state index contributed by atoms with van der Waals surface area (Å²) in [6.45, 7) is 14.3. The van der Waals surface area contributed by atoms with Crippen LogP contribution in [0.4, 0.5) is 0 Å². The summed E-state index contributed by atoms with van der Waals surface area (Å²) < 4.78 is 5.77. The number of allylic oxidation sites excluding steroid dienone is 3. The molecule has 1 aliphatic heterocycles. The molecule has 2 aliphatic rings. The lowest BCUT2D eigenvalue weighted by atomic mass is 10.2. The van der Waals surface area contributed by atoms with Crippen molar-refractivity contribution in [2.45, 2.75) is 45.7 Å². The average molecular weight is 266 g/mol. The Balaban J connectivity index is 2.58. The van der Waals surface area contributed by atoms with Gasteiger partial charge in [-0.3, -0.25) is 4.79 Å². The summed E-state index contributed by atoms with van der Waals surface area (Å²) >= 11 is 0. The lowest BCUT2D eigenvalue weighted by Crippen LogP contribution is -2.35. The number of Topliss-reactive ketones (excluding diaryl/α,β-unsaturated/α-hetero) is 1. The molecule has 1 aliphatic carbocycles. The highest BCUT2D eigenvalue weighted by atomic mass is 28.3. The minimum absolute atomic E-state index is 0.327. The minimum Gasteiger partial charge on any atom is -0.493 e. The number of ketones is 1. The predicted molar refractivity (Wildman–Crippen MR) is 76.3 cm³/mol. The smallest absolute Gasteiger partial charge is 0.181 e. The van der Waals surface area contributed by atoms with Crippen molar-refractivity contribution in [2.75, 3.05) is 6.61 Å². The Labute approximate surface area is 106 Å². The van der Waals surface area contributed by atoms with Gasteiger partial charge in [0.15, 0.2) is 5.78 Å². The highest BCUT2D eigenvalue weighted by Gasteiger charge is 2.45. The first-order valence-corrected chi connectivity index (χ1v) is 13.3. The number of fused-ring (bicyclic) bond motifs is 1. The van der Waals surface area contributed by atoms with Gasteiger partial charge in [0.25, 0.3) is 0 Å². The molecule has 0 bridgehead atoms. The van der Waals surface area contributed by atoms with Crippen molar-refractivity contribution in [2.24, 2.45) is 0 Å². The zero-order chi connectivity index (χ0) is 13.0. The first-order valence-electron chi connectivity index (χ1n) is 6.30. The lowest BCUT2D eigenvalue weighted by Gasteiger charge is -2.22. The number of carbonyl (C=O) groups is 1. The summed E-state index contributed by atoms with van der Waals surface area (Å²) in [6.07, 6.45) is 0.939. The number of rotatable bonds is 2. The highest BCUT2D eigenvalue weighted by Crippen LogP contribution is 2.43. The van der Waals surface area contributed by atoms with Gasteiger partial charge in [0, 0.05) is 17.2 Å². The molecule has 0 aromatic rings. The van der Waals surface area contributed by atoms with E-state index in [1.165, 1.54) is 5.57 Å². The van der Waals surface area contributed by atoms with Crippen molar-refractivity contribution >= 4 is 21.9 Å². The summed E-state index contributed by atoms with van der Waals surface area (Å²) in [7, 11) is -3.17. The molecule has 17 heavy (non-hydrogen) atoms. The third-order valence-corrected chi connectivity index (χ3v) is 7.34. The van der Waals surface area contributed by atoms with Gasteiger partial charge in [-0.2, -0.15) is 0 Å². The Morgan fingerprint density at radius 3 is 1.94 bits per heavy atom. The fourth-order valence-corrected chi connectivity index (χ4v) is 6.54. The molecule has 0 radical (unpaired) electrons. The quantitative estimate of drug-likeness (QED) is 0.717. The first kappa shape index (κ1) is 12.8. The van der Waals surface area contributed by atoms with Gasteiger partial charge in [0.1, 0.15) is 5.76 Å². The predicted octanol–water partition coefficient (Wildman–Crippen LogP) is 3.29. The topological polar surface area (TPSA) is 26.3 Å². The lowest BCUT2D eigenvalue weighted by molar-refractivity contribution is -0.111. The highest BCUT2D eigenvalue weighted by molar-refractivity contribution is 6.94. The monoisotopic (exact) mass is 266 g/mol. The molecule has 0 atom stereocenters. The van der Waals surface area contributed by atoms with Crippen LogP contribution in [0.1, 0.15) is 6.42 Å². The Morgan fingerprint density at radius 2 is 1.47 bits per heavy atom. The van der Waals surface area contributed by atoms with Crippen LogP contribution in [0.25, 0.3) is 0 Å². The standard InChI is InChI=1S/C13H22O2Si2/c1-16(2,3)12-9-7-8-15-11(9)13(10(12)14)17(4,5)6/h7-8H2,1-6H3. The second-order valence-corrected chi connectivity index (χ2v) is 17.0. The molecular formula is C13H22O2Si2. The molecule has 0 saturated carbocycles. The molecule has 1 saturated heterocycles. The normalized spacial score (nSPS) is 21.2. The largest absolute Gasteiger partial charge is 0.493 e. The van der Waals surface area contributed by atoms with Crippen molar-refractivity contribution < 1.29 is 9.53 Å².